The van der Waals surface area contributed by atoms with Gasteiger partial charge in [-0.25, -0.2) is 0 Å². The number of nitrogens with one attached hydrogen (secondary N) is 3. The summed E-state index contributed by atoms with van der Waals surface area (Å²) < 4.78 is 0. The van der Waals surface area contributed by atoms with Crippen LogP contribution in [-0.2, 0) is 10.2 Å². The lowest BCUT2D eigenvalue weighted by molar-refractivity contribution is -0.119. The van der Waals surface area contributed by atoms with Gasteiger partial charge in [0.15, 0.2) is 0 Å². The van der Waals surface area contributed by atoms with E-state index in [1.807, 2.05) is 18.2 Å². The fourth-order valence-corrected chi connectivity index (χ4v) is 3.71. The van der Waals surface area contributed by atoms with Gasteiger partial charge in [0.2, 0.25) is 5.91 Å². The average molecular weight is 402 g/mol. The molecular formula is C24H26N4O2. The SMILES string of the molecule is CC(C)(C)c1ccc(/C(=C\[C@H]2CCC(=O)N2)c2ccc(-c3cn[nH]c3)c(=O)[nH]2)cc1. The number of pyridine rings is 1. The molecule has 1 atom stereocenters. The monoisotopic (exact) mass is 402 g/mol. The van der Waals surface area contributed by atoms with Gasteiger partial charge in [-0.15, -0.1) is 0 Å². The van der Waals surface area contributed by atoms with Crippen LogP contribution in [0, 0.1) is 0 Å². The van der Waals surface area contributed by atoms with E-state index in [-0.39, 0.29) is 22.9 Å². The third-order valence-corrected chi connectivity index (χ3v) is 5.47. The molecule has 2 aromatic heterocycles. The molecule has 0 aliphatic carbocycles. The molecule has 4 rings (SSSR count). The topological polar surface area (TPSA) is 90.6 Å². The maximum absolute atomic E-state index is 12.8. The van der Waals surface area contributed by atoms with Gasteiger partial charge in [0.1, 0.15) is 0 Å². The number of carbonyl (C=O) groups is 1. The summed E-state index contributed by atoms with van der Waals surface area (Å²) in [6.45, 7) is 6.54. The third-order valence-electron chi connectivity index (χ3n) is 5.47. The fraction of sp³-hybridized carbons (Fsp3) is 0.292. The van der Waals surface area contributed by atoms with E-state index in [9.17, 15) is 9.59 Å². The van der Waals surface area contributed by atoms with Crippen LogP contribution < -0.4 is 10.9 Å². The molecule has 154 valence electrons. The molecule has 3 N–H and O–H groups in total. The molecule has 1 amide bonds. The minimum absolute atomic E-state index is 0.0492. The molecule has 1 aliphatic rings. The van der Waals surface area contributed by atoms with Crippen molar-refractivity contribution in [3.63, 3.8) is 0 Å². The van der Waals surface area contributed by atoms with Gasteiger partial charge in [0.05, 0.1) is 11.8 Å². The highest BCUT2D eigenvalue weighted by Gasteiger charge is 2.21. The first-order valence-electron chi connectivity index (χ1n) is 10.2. The van der Waals surface area contributed by atoms with Crippen molar-refractivity contribution in [2.45, 2.75) is 45.1 Å². The molecule has 6 nitrogen and oxygen atoms in total. The van der Waals surface area contributed by atoms with Gasteiger partial charge in [-0.05, 0) is 35.1 Å². The summed E-state index contributed by atoms with van der Waals surface area (Å²) in [6.07, 6.45) is 6.63. The molecule has 0 bridgehead atoms. The third kappa shape index (κ3) is 4.13. The maximum Gasteiger partial charge on any atom is 0.256 e. The molecule has 3 heterocycles. The number of nitrogens with zero attached hydrogens (tertiary/aromatic N) is 1. The summed E-state index contributed by atoms with van der Waals surface area (Å²) in [4.78, 5) is 27.5. The summed E-state index contributed by atoms with van der Waals surface area (Å²) in [7, 11) is 0. The average Bonchev–Trinajstić information content (AvgIpc) is 3.37. The van der Waals surface area contributed by atoms with E-state index < -0.39 is 0 Å². The van der Waals surface area contributed by atoms with Crippen LogP contribution in [-0.4, -0.2) is 27.1 Å². The molecule has 1 aromatic carbocycles. The Balaban J connectivity index is 1.76. The van der Waals surface area contributed by atoms with E-state index in [1.165, 1.54) is 5.56 Å². The molecule has 0 spiro atoms. The largest absolute Gasteiger partial charge is 0.350 e. The maximum atomic E-state index is 12.8. The van der Waals surface area contributed by atoms with Gasteiger partial charge < -0.3 is 10.3 Å². The Morgan fingerprint density at radius 1 is 1.10 bits per heavy atom. The number of hydrogen-bond acceptors (Lipinski definition) is 3. The lowest BCUT2D eigenvalue weighted by Crippen LogP contribution is -2.23. The standard InChI is InChI=1S/C24H26N4O2/c1-24(2,3)17-6-4-15(5-7-17)20(12-18-8-11-22(29)27-18)21-10-9-19(23(30)28-21)16-13-25-26-14-16/h4-7,9-10,12-14,18H,8,11H2,1-3H3,(H,25,26)(H,27,29)(H,28,30)/b20-12+/t18-/m1/s1. The van der Waals surface area contributed by atoms with Crippen LogP contribution in [0.2, 0.25) is 0 Å². The van der Waals surface area contributed by atoms with E-state index in [0.29, 0.717) is 12.0 Å². The molecular weight excluding hydrogens is 376 g/mol. The summed E-state index contributed by atoms with van der Waals surface area (Å²) >= 11 is 0. The van der Waals surface area contributed by atoms with Crippen LogP contribution in [0.4, 0.5) is 0 Å². The van der Waals surface area contributed by atoms with Crippen LogP contribution >= 0.6 is 0 Å². The van der Waals surface area contributed by atoms with Crippen LogP contribution in [0.1, 0.15) is 50.4 Å². The number of hydrogen-bond donors (Lipinski definition) is 3. The van der Waals surface area contributed by atoms with Crippen molar-refractivity contribution in [2.24, 2.45) is 0 Å². The van der Waals surface area contributed by atoms with Crippen LogP contribution in [0.5, 0.6) is 0 Å². The molecule has 0 unspecified atom stereocenters. The molecule has 1 fully saturated rings. The minimum atomic E-state index is -0.179. The molecule has 30 heavy (non-hydrogen) atoms. The van der Waals surface area contributed by atoms with Crippen molar-refractivity contribution in [1.29, 1.82) is 0 Å². The molecule has 1 saturated heterocycles. The van der Waals surface area contributed by atoms with Crippen molar-refractivity contribution < 1.29 is 4.79 Å². The second-order valence-electron chi connectivity index (χ2n) is 8.72. The Kier molecular flexibility index (Phi) is 5.16. The molecule has 0 radical (unpaired) electrons. The number of carbonyl (C=O) groups excluding carboxylic acids is 1. The van der Waals surface area contributed by atoms with Crippen molar-refractivity contribution in [3.05, 3.63) is 82.0 Å². The second-order valence-corrected chi connectivity index (χ2v) is 8.72. The van der Waals surface area contributed by atoms with Gasteiger partial charge in [-0.3, -0.25) is 14.7 Å². The Bertz CT molecular complexity index is 1130. The number of amides is 1. The van der Waals surface area contributed by atoms with Crippen molar-refractivity contribution >= 4 is 11.5 Å². The normalized spacial score (nSPS) is 17.2. The highest BCUT2D eigenvalue weighted by atomic mass is 16.2. The molecule has 6 heteroatoms. The molecule has 0 saturated carbocycles. The first kappa shape index (κ1) is 19.9. The lowest BCUT2D eigenvalue weighted by atomic mass is 9.86. The second kappa shape index (κ2) is 7.78. The Morgan fingerprint density at radius 3 is 2.43 bits per heavy atom. The first-order chi connectivity index (χ1) is 14.3. The van der Waals surface area contributed by atoms with Gasteiger partial charge in [-0.1, -0.05) is 51.1 Å². The summed E-state index contributed by atoms with van der Waals surface area (Å²) in [5.41, 5.74) is 5.04. The highest BCUT2D eigenvalue weighted by Crippen LogP contribution is 2.28. The summed E-state index contributed by atoms with van der Waals surface area (Å²) in [5, 5.41) is 9.64. The zero-order valence-corrected chi connectivity index (χ0v) is 17.5. The van der Waals surface area contributed by atoms with E-state index in [4.69, 9.17) is 0 Å². The predicted octanol–water partition coefficient (Wildman–Crippen LogP) is 3.77. The number of H-pyrrole nitrogens is 2. The quantitative estimate of drug-likeness (QED) is 0.620. The Labute approximate surface area is 175 Å². The predicted molar refractivity (Wildman–Crippen MR) is 118 cm³/mol. The zero-order chi connectivity index (χ0) is 21.3. The highest BCUT2D eigenvalue weighted by molar-refractivity contribution is 5.82. The van der Waals surface area contributed by atoms with Crippen molar-refractivity contribution in [2.75, 3.05) is 0 Å². The fourth-order valence-electron chi connectivity index (χ4n) is 3.71. The number of aromatic nitrogens is 3. The smallest absolute Gasteiger partial charge is 0.256 e. The van der Waals surface area contributed by atoms with E-state index in [1.54, 1.807) is 12.4 Å². The number of benzene rings is 1. The zero-order valence-electron chi connectivity index (χ0n) is 17.5. The molecule has 3 aromatic rings. The van der Waals surface area contributed by atoms with E-state index >= 15 is 0 Å². The van der Waals surface area contributed by atoms with Crippen LogP contribution in [0.15, 0.2) is 59.7 Å². The van der Waals surface area contributed by atoms with Gasteiger partial charge in [0, 0.05) is 35.5 Å². The van der Waals surface area contributed by atoms with E-state index in [2.05, 4.69) is 65.5 Å². The van der Waals surface area contributed by atoms with Crippen LogP contribution in [0.3, 0.4) is 0 Å². The van der Waals surface area contributed by atoms with Gasteiger partial charge >= 0.3 is 0 Å². The Hall–Kier alpha value is -3.41. The van der Waals surface area contributed by atoms with E-state index in [0.717, 1.165) is 28.8 Å². The molecule has 1 aliphatic heterocycles. The minimum Gasteiger partial charge on any atom is -0.350 e. The van der Waals surface area contributed by atoms with Gasteiger partial charge in [0.25, 0.3) is 5.56 Å². The number of aromatic amines is 2. The first-order valence-corrected chi connectivity index (χ1v) is 10.2. The van der Waals surface area contributed by atoms with Crippen molar-refractivity contribution in [3.8, 4) is 11.1 Å². The Morgan fingerprint density at radius 2 is 1.87 bits per heavy atom. The van der Waals surface area contributed by atoms with Gasteiger partial charge in [-0.2, -0.15) is 5.10 Å². The lowest BCUT2D eigenvalue weighted by Gasteiger charge is -2.20. The summed E-state index contributed by atoms with van der Waals surface area (Å²) in [6, 6.07) is 12.1. The van der Waals surface area contributed by atoms with Crippen LogP contribution in [0.25, 0.3) is 16.7 Å². The summed E-state index contributed by atoms with van der Waals surface area (Å²) in [5.74, 6) is 0.0579. The van der Waals surface area contributed by atoms with Crippen molar-refractivity contribution in [1.82, 2.24) is 20.5 Å². The number of rotatable bonds is 4.